The zero-order chi connectivity index (χ0) is 16.1. The summed E-state index contributed by atoms with van der Waals surface area (Å²) in [7, 11) is 0. The molecule has 0 saturated heterocycles. The standard InChI is InChI=1S/C21H19NO/c1-16(17-8-4-2-5-9-17)18-12-14-20(15-13-18)22-21(23)19-10-6-3-7-11-19/h2-16H,1H3,(H,22,23)/t16-/m0/s1. The van der Waals surface area contributed by atoms with Gasteiger partial charge in [-0.25, -0.2) is 0 Å². The molecule has 3 aromatic carbocycles. The lowest BCUT2D eigenvalue weighted by Gasteiger charge is -2.13. The van der Waals surface area contributed by atoms with Gasteiger partial charge in [0, 0.05) is 17.2 Å². The minimum Gasteiger partial charge on any atom is -0.322 e. The molecule has 0 spiro atoms. The van der Waals surface area contributed by atoms with Crippen LogP contribution in [-0.2, 0) is 0 Å². The van der Waals surface area contributed by atoms with Gasteiger partial charge in [0.15, 0.2) is 0 Å². The molecule has 3 aromatic rings. The van der Waals surface area contributed by atoms with Crippen LogP contribution in [0.25, 0.3) is 0 Å². The van der Waals surface area contributed by atoms with Crippen LogP contribution in [0.3, 0.4) is 0 Å². The summed E-state index contributed by atoms with van der Waals surface area (Å²) >= 11 is 0. The van der Waals surface area contributed by atoms with Gasteiger partial charge in [0.25, 0.3) is 5.91 Å². The van der Waals surface area contributed by atoms with Crippen molar-refractivity contribution in [3.05, 3.63) is 102 Å². The number of anilines is 1. The minimum absolute atomic E-state index is 0.0885. The van der Waals surface area contributed by atoms with Crippen LogP contribution in [0.4, 0.5) is 5.69 Å². The van der Waals surface area contributed by atoms with Crippen molar-refractivity contribution in [2.75, 3.05) is 5.32 Å². The Morgan fingerprint density at radius 2 is 1.26 bits per heavy atom. The van der Waals surface area contributed by atoms with Gasteiger partial charge in [0.2, 0.25) is 0 Å². The molecule has 0 aliphatic carbocycles. The van der Waals surface area contributed by atoms with Crippen LogP contribution in [-0.4, -0.2) is 5.91 Å². The molecule has 0 bridgehead atoms. The van der Waals surface area contributed by atoms with E-state index in [4.69, 9.17) is 0 Å². The molecule has 0 fully saturated rings. The molecule has 0 aromatic heterocycles. The van der Waals surface area contributed by atoms with Crippen LogP contribution in [0.5, 0.6) is 0 Å². The maximum atomic E-state index is 12.1. The zero-order valence-electron chi connectivity index (χ0n) is 13.1. The second-order valence-corrected chi connectivity index (χ2v) is 5.57. The van der Waals surface area contributed by atoms with Crippen LogP contribution in [0.1, 0.15) is 34.3 Å². The largest absolute Gasteiger partial charge is 0.322 e. The Morgan fingerprint density at radius 3 is 1.87 bits per heavy atom. The van der Waals surface area contributed by atoms with Crippen molar-refractivity contribution in [1.82, 2.24) is 0 Å². The van der Waals surface area contributed by atoms with Crippen molar-refractivity contribution in [3.63, 3.8) is 0 Å². The Labute approximate surface area is 136 Å². The maximum absolute atomic E-state index is 12.1. The minimum atomic E-state index is -0.0885. The Morgan fingerprint density at radius 1 is 0.739 bits per heavy atom. The third kappa shape index (κ3) is 3.67. The first-order valence-corrected chi connectivity index (χ1v) is 7.75. The molecule has 0 unspecified atom stereocenters. The van der Waals surface area contributed by atoms with Gasteiger partial charge in [0.05, 0.1) is 0 Å². The Hall–Kier alpha value is -2.87. The van der Waals surface area contributed by atoms with E-state index in [1.807, 2.05) is 36.4 Å². The van der Waals surface area contributed by atoms with Crippen molar-refractivity contribution >= 4 is 11.6 Å². The molecule has 0 radical (unpaired) electrons. The summed E-state index contributed by atoms with van der Waals surface area (Å²) in [6.45, 7) is 2.19. The summed E-state index contributed by atoms with van der Waals surface area (Å²) in [4.78, 5) is 12.1. The number of nitrogens with one attached hydrogen (secondary N) is 1. The molecule has 1 N–H and O–H groups in total. The molecule has 2 heteroatoms. The van der Waals surface area contributed by atoms with E-state index in [1.165, 1.54) is 11.1 Å². The quantitative estimate of drug-likeness (QED) is 0.714. The van der Waals surface area contributed by atoms with E-state index in [0.717, 1.165) is 5.69 Å². The predicted octanol–water partition coefficient (Wildman–Crippen LogP) is 5.09. The molecule has 1 atom stereocenters. The summed E-state index contributed by atoms with van der Waals surface area (Å²) in [5.74, 6) is 0.240. The van der Waals surface area contributed by atoms with E-state index in [-0.39, 0.29) is 5.91 Å². The van der Waals surface area contributed by atoms with E-state index in [1.54, 1.807) is 12.1 Å². The van der Waals surface area contributed by atoms with Crippen LogP contribution in [0.2, 0.25) is 0 Å². The third-order valence-corrected chi connectivity index (χ3v) is 4.00. The lowest BCUT2D eigenvalue weighted by Crippen LogP contribution is -2.11. The molecule has 114 valence electrons. The monoisotopic (exact) mass is 301 g/mol. The van der Waals surface area contributed by atoms with Gasteiger partial charge in [-0.05, 0) is 35.4 Å². The van der Waals surface area contributed by atoms with E-state index in [2.05, 4.69) is 48.6 Å². The first-order valence-electron chi connectivity index (χ1n) is 7.75. The molecule has 1 amide bonds. The highest BCUT2D eigenvalue weighted by atomic mass is 16.1. The number of amides is 1. The SMILES string of the molecule is C[C@@H](c1ccccc1)c1ccc(NC(=O)c2ccccc2)cc1. The number of hydrogen-bond acceptors (Lipinski definition) is 1. The van der Waals surface area contributed by atoms with Crippen LogP contribution >= 0.6 is 0 Å². The lowest BCUT2D eigenvalue weighted by atomic mass is 9.93. The van der Waals surface area contributed by atoms with Gasteiger partial charge in [0.1, 0.15) is 0 Å². The van der Waals surface area contributed by atoms with Crippen molar-refractivity contribution in [3.8, 4) is 0 Å². The van der Waals surface area contributed by atoms with Crippen molar-refractivity contribution in [2.45, 2.75) is 12.8 Å². The highest BCUT2D eigenvalue weighted by molar-refractivity contribution is 6.04. The van der Waals surface area contributed by atoms with Crippen LogP contribution < -0.4 is 5.32 Å². The highest BCUT2D eigenvalue weighted by Crippen LogP contribution is 2.25. The molecule has 0 aliphatic rings. The Balaban J connectivity index is 1.71. The summed E-state index contributed by atoms with van der Waals surface area (Å²) in [5, 5.41) is 2.93. The Bertz CT molecular complexity index is 764. The first kappa shape index (κ1) is 15.0. The van der Waals surface area contributed by atoms with Crippen molar-refractivity contribution in [1.29, 1.82) is 0 Å². The van der Waals surface area contributed by atoms with E-state index in [9.17, 15) is 4.79 Å². The smallest absolute Gasteiger partial charge is 0.255 e. The van der Waals surface area contributed by atoms with E-state index in [0.29, 0.717) is 11.5 Å². The second kappa shape index (κ2) is 6.93. The molecule has 2 nitrogen and oxygen atoms in total. The summed E-state index contributed by atoms with van der Waals surface area (Å²) in [6.07, 6.45) is 0. The average Bonchev–Trinajstić information content (AvgIpc) is 2.63. The number of hydrogen-bond donors (Lipinski definition) is 1. The fraction of sp³-hybridized carbons (Fsp3) is 0.0952. The third-order valence-electron chi connectivity index (χ3n) is 4.00. The highest BCUT2D eigenvalue weighted by Gasteiger charge is 2.09. The predicted molar refractivity (Wildman–Crippen MR) is 94.8 cm³/mol. The number of rotatable bonds is 4. The fourth-order valence-corrected chi connectivity index (χ4v) is 2.58. The zero-order valence-corrected chi connectivity index (χ0v) is 13.1. The van der Waals surface area contributed by atoms with Crippen LogP contribution in [0.15, 0.2) is 84.9 Å². The van der Waals surface area contributed by atoms with Crippen molar-refractivity contribution < 1.29 is 4.79 Å². The van der Waals surface area contributed by atoms with Crippen LogP contribution in [0, 0.1) is 0 Å². The molecule has 0 aliphatic heterocycles. The maximum Gasteiger partial charge on any atom is 0.255 e. The fourth-order valence-electron chi connectivity index (χ4n) is 2.58. The molecule has 23 heavy (non-hydrogen) atoms. The summed E-state index contributed by atoms with van der Waals surface area (Å²) in [6, 6.07) is 27.7. The average molecular weight is 301 g/mol. The summed E-state index contributed by atoms with van der Waals surface area (Å²) < 4.78 is 0. The molecule has 0 heterocycles. The molecule has 0 saturated carbocycles. The van der Waals surface area contributed by atoms with Gasteiger partial charge in [-0.1, -0.05) is 67.6 Å². The number of carbonyl (C=O) groups excluding carboxylic acids is 1. The topological polar surface area (TPSA) is 29.1 Å². The van der Waals surface area contributed by atoms with Gasteiger partial charge >= 0.3 is 0 Å². The lowest BCUT2D eigenvalue weighted by molar-refractivity contribution is 0.102. The molecular formula is C21H19NO. The van der Waals surface area contributed by atoms with Gasteiger partial charge < -0.3 is 5.32 Å². The first-order chi connectivity index (χ1) is 11.2. The number of benzene rings is 3. The van der Waals surface area contributed by atoms with Gasteiger partial charge in [-0.15, -0.1) is 0 Å². The van der Waals surface area contributed by atoms with Gasteiger partial charge in [-0.2, -0.15) is 0 Å². The molecule has 3 rings (SSSR count). The van der Waals surface area contributed by atoms with E-state index < -0.39 is 0 Å². The second-order valence-electron chi connectivity index (χ2n) is 5.57. The number of carbonyl (C=O) groups is 1. The summed E-state index contributed by atoms with van der Waals surface area (Å²) in [5.41, 5.74) is 3.99. The van der Waals surface area contributed by atoms with Gasteiger partial charge in [-0.3, -0.25) is 4.79 Å². The molecular weight excluding hydrogens is 282 g/mol. The van der Waals surface area contributed by atoms with Crippen molar-refractivity contribution in [2.24, 2.45) is 0 Å². The Kier molecular flexibility index (Phi) is 4.53. The van der Waals surface area contributed by atoms with E-state index >= 15 is 0 Å². The normalized spacial score (nSPS) is 11.7.